The van der Waals surface area contributed by atoms with E-state index >= 15 is 0 Å². The van der Waals surface area contributed by atoms with Gasteiger partial charge in [-0.05, 0) is 31.2 Å². The molecule has 1 aromatic heterocycles. The Balaban J connectivity index is 1.76. The number of hydrogen-bond acceptors (Lipinski definition) is 4. The lowest BCUT2D eigenvalue weighted by Gasteiger charge is -2.17. The molecule has 0 saturated carbocycles. The molecule has 0 aliphatic rings. The van der Waals surface area contributed by atoms with Crippen LogP contribution in [-0.2, 0) is 11.0 Å². The third-order valence-electron chi connectivity index (χ3n) is 4.20. The van der Waals surface area contributed by atoms with Crippen LogP contribution >= 0.6 is 0 Å². The molecule has 0 bridgehead atoms. The highest BCUT2D eigenvalue weighted by atomic mass is 19.4. The lowest BCUT2D eigenvalue weighted by atomic mass is 10.1. The predicted octanol–water partition coefficient (Wildman–Crippen LogP) is 3.71. The molecule has 0 radical (unpaired) electrons. The molecule has 3 aromatic rings. The number of aromatic nitrogens is 3. The van der Waals surface area contributed by atoms with E-state index in [0.717, 1.165) is 12.1 Å². The average molecular weight is 407 g/mol. The molecule has 3 rings (SSSR count). The Hall–Kier alpha value is -3.27. The van der Waals surface area contributed by atoms with Crippen LogP contribution in [0.1, 0.15) is 24.1 Å². The van der Waals surface area contributed by atoms with E-state index in [2.05, 4.69) is 20.7 Å². The molecule has 152 valence electrons. The number of carbonyl (C=O) groups is 1. The zero-order chi connectivity index (χ0) is 21.0. The molecule has 2 N–H and O–H groups in total. The highest BCUT2D eigenvalue weighted by Gasteiger charge is 2.31. The Morgan fingerprint density at radius 3 is 2.62 bits per heavy atom. The first kappa shape index (κ1) is 20.5. The van der Waals surface area contributed by atoms with Crippen molar-refractivity contribution in [1.29, 1.82) is 0 Å². The topological polar surface area (TPSA) is 71.8 Å². The summed E-state index contributed by atoms with van der Waals surface area (Å²) in [5.41, 5.74) is -0.381. The molecule has 0 fully saturated rings. The summed E-state index contributed by atoms with van der Waals surface area (Å²) in [5, 5.41) is 9.18. The average Bonchev–Trinajstić information content (AvgIpc) is 3.20. The van der Waals surface area contributed by atoms with Crippen molar-refractivity contribution in [1.82, 2.24) is 20.1 Å². The predicted molar refractivity (Wildman–Crippen MR) is 97.8 cm³/mol. The van der Waals surface area contributed by atoms with Crippen molar-refractivity contribution < 1.29 is 22.4 Å². The van der Waals surface area contributed by atoms with Gasteiger partial charge in [0.25, 0.3) is 0 Å². The minimum absolute atomic E-state index is 0.0735. The number of anilines is 1. The number of hydrogen-bond donors (Lipinski definition) is 2. The van der Waals surface area contributed by atoms with Gasteiger partial charge in [-0.3, -0.25) is 4.79 Å². The SMILES string of the molecule is C[C@H](NCC(=O)Nc1cc(C(F)(F)F)ccc1-n1cncn1)c1ccccc1F. The highest BCUT2D eigenvalue weighted by Crippen LogP contribution is 2.33. The van der Waals surface area contributed by atoms with Crippen LogP contribution in [0.15, 0.2) is 55.1 Å². The molecule has 29 heavy (non-hydrogen) atoms. The van der Waals surface area contributed by atoms with Crippen LogP contribution in [0.2, 0.25) is 0 Å². The number of halogens is 4. The van der Waals surface area contributed by atoms with E-state index in [1.165, 1.54) is 29.5 Å². The minimum atomic E-state index is -4.57. The van der Waals surface area contributed by atoms with Gasteiger partial charge in [0, 0.05) is 11.6 Å². The summed E-state index contributed by atoms with van der Waals surface area (Å²) < 4.78 is 54.2. The third kappa shape index (κ3) is 4.96. The van der Waals surface area contributed by atoms with Crippen LogP contribution in [0.5, 0.6) is 0 Å². The summed E-state index contributed by atoms with van der Waals surface area (Å²) in [4.78, 5) is 16.1. The Kier molecular flexibility index (Phi) is 5.92. The quantitative estimate of drug-likeness (QED) is 0.611. The van der Waals surface area contributed by atoms with Crippen molar-refractivity contribution >= 4 is 11.6 Å². The van der Waals surface area contributed by atoms with Crippen molar-refractivity contribution in [2.24, 2.45) is 0 Å². The molecule has 1 heterocycles. The highest BCUT2D eigenvalue weighted by molar-refractivity contribution is 5.94. The fourth-order valence-corrected chi connectivity index (χ4v) is 2.72. The van der Waals surface area contributed by atoms with Crippen LogP contribution in [-0.4, -0.2) is 27.2 Å². The maximum atomic E-state index is 13.8. The number of nitrogens with one attached hydrogen (secondary N) is 2. The van der Waals surface area contributed by atoms with Crippen molar-refractivity contribution in [3.63, 3.8) is 0 Å². The molecule has 0 aliphatic heterocycles. The van der Waals surface area contributed by atoms with Gasteiger partial charge in [-0.25, -0.2) is 14.1 Å². The van der Waals surface area contributed by atoms with Gasteiger partial charge in [-0.1, -0.05) is 18.2 Å². The van der Waals surface area contributed by atoms with Crippen LogP contribution in [0.25, 0.3) is 5.69 Å². The summed E-state index contributed by atoms with van der Waals surface area (Å²) in [6, 6.07) is 8.56. The fraction of sp³-hybridized carbons (Fsp3) is 0.211. The standard InChI is InChI=1S/C19H17F4N5O/c1-12(14-4-2-3-5-15(14)20)25-9-18(29)27-16-8-13(19(21,22)23)6-7-17(16)28-11-24-10-26-28/h2-8,10-12,25H,9H2,1H3,(H,27,29)/t12-/m0/s1. The van der Waals surface area contributed by atoms with E-state index in [9.17, 15) is 22.4 Å². The molecular weight excluding hydrogens is 390 g/mol. The van der Waals surface area contributed by atoms with Gasteiger partial charge in [-0.15, -0.1) is 0 Å². The van der Waals surface area contributed by atoms with Gasteiger partial charge in [0.2, 0.25) is 5.91 Å². The van der Waals surface area contributed by atoms with E-state index in [0.29, 0.717) is 5.56 Å². The Morgan fingerprint density at radius 2 is 1.97 bits per heavy atom. The van der Waals surface area contributed by atoms with Gasteiger partial charge in [0.1, 0.15) is 18.5 Å². The molecule has 1 amide bonds. The first-order valence-electron chi connectivity index (χ1n) is 8.59. The smallest absolute Gasteiger partial charge is 0.323 e. The lowest BCUT2D eigenvalue weighted by molar-refractivity contribution is -0.137. The number of carbonyl (C=O) groups excluding carboxylic acids is 1. The molecule has 10 heteroatoms. The van der Waals surface area contributed by atoms with Crippen molar-refractivity contribution in [2.75, 3.05) is 11.9 Å². The zero-order valence-electron chi connectivity index (χ0n) is 15.2. The molecule has 2 aromatic carbocycles. The molecule has 0 saturated heterocycles. The van der Waals surface area contributed by atoms with Gasteiger partial charge in [0.15, 0.2) is 0 Å². The van der Waals surface area contributed by atoms with Crippen LogP contribution in [0.4, 0.5) is 23.2 Å². The Morgan fingerprint density at radius 1 is 1.21 bits per heavy atom. The summed E-state index contributed by atoms with van der Waals surface area (Å²) in [6.07, 6.45) is -2.05. The minimum Gasteiger partial charge on any atom is -0.323 e. The zero-order valence-corrected chi connectivity index (χ0v) is 15.2. The second-order valence-corrected chi connectivity index (χ2v) is 6.24. The maximum absolute atomic E-state index is 13.8. The maximum Gasteiger partial charge on any atom is 0.416 e. The van der Waals surface area contributed by atoms with E-state index in [1.54, 1.807) is 25.1 Å². The van der Waals surface area contributed by atoms with Crippen molar-refractivity contribution in [2.45, 2.75) is 19.1 Å². The van der Waals surface area contributed by atoms with Crippen LogP contribution < -0.4 is 10.6 Å². The Bertz CT molecular complexity index is 989. The first-order chi connectivity index (χ1) is 13.8. The monoisotopic (exact) mass is 407 g/mol. The molecule has 0 unspecified atom stereocenters. The van der Waals surface area contributed by atoms with Crippen molar-refractivity contribution in [3.05, 3.63) is 72.1 Å². The summed E-state index contributed by atoms with van der Waals surface area (Å²) >= 11 is 0. The second kappa shape index (κ2) is 8.39. The van der Waals surface area contributed by atoms with E-state index in [4.69, 9.17) is 0 Å². The van der Waals surface area contributed by atoms with Crippen LogP contribution in [0.3, 0.4) is 0 Å². The third-order valence-corrected chi connectivity index (χ3v) is 4.20. The molecule has 6 nitrogen and oxygen atoms in total. The Labute approximate surface area is 163 Å². The molecule has 1 atom stereocenters. The number of benzene rings is 2. The van der Waals surface area contributed by atoms with Gasteiger partial charge in [0.05, 0.1) is 23.5 Å². The van der Waals surface area contributed by atoms with Crippen LogP contribution in [0, 0.1) is 5.82 Å². The lowest BCUT2D eigenvalue weighted by Crippen LogP contribution is -2.31. The fourth-order valence-electron chi connectivity index (χ4n) is 2.72. The second-order valence-electron chi connectivity index (χ2n) is 6.24. The van der Waals surface area contributed by atoms with Gasteiger partial charge >= 0.3 is 6.18 Å². The number of rotatable bonds is 6. The number of nitrogens with zero attached hydrogens (tertiary/aromatic N) is 3. The van der Waals surface area contributed by atoms with Crippen molar-refractivity contribution in [3.8, 4) is 5.69 Å². The summed E-state index contributed by atoms with van der Waals surface area (Å²) in [7, 11) is 0. The largest absolute Gasteiger partial charge is 0.416 e. The number of alkyl halides is 3. The van der Waals surface area contributed by atoms with E-state index < -0.39 is 29.5 Å². The summed E-state index contributed by atoms with van der Waals surface area (Å²) in [5.74, 6) is -1.01. The summed E-state index contributed by atoms with van der Waals surface area (Å²) in [6.45, 7) is 1.44. The normalized spacial score (nSPS) is 12.6. The van der Waals surface area contributed by atoms with Gasteiger partial charge in [-0.2, -0.15) is 18.3 Å². The first-order valence-corrected chi connectivity index (χ1v) is 8.59. The number of amides is 1. The van der Waals surface area contributed by atoms with E-state index in [1.807, 2.05) is 0 Å². The molecule has 0 aliphatic carbocycles. The molecule has 0 spiro atoms. The van der Waals surface area contributed by atoms with Gasteiger partial charge < -0.3 is 10.6 Å². The molecular formula is C19H17F4N5O. The van der Waals surface area contributed by atoms with E-state index in [-0.39, 0.29) is 17.9 Å².